The lowest BCUT2D eigenvalue weighted by Crippen LogP contribution is -2.37. The molecule has 5 nitrogen and oxygen atoms in total. The molecule has 138 valence electrons. The summed E-state index contributed by atoms with van der Waals surface area (Å²) >= 11 is 11.3. The van der Waals surface area contributed by atoms with Crippen LogP contribution in [0.1, 0.15) is 36.5 Å². The Balaban J connectivity index is 1.74. The summed E-state index contributed by atoms with van der Waals surface area (Å²) in [5.74, 6) is 0.335. The molecule has 1 aliphatic heterocycles. The minimum Gasteiger partial charge on any atom is -0.465 e. The molecule has 1 fully saturated rings. The molecule has 0 saturated carbocycles. The lowest BCUT2D eigenvalue weighted by atomic mass is 10.0. The first-order valence-electron chi connectivity index (χ1n) is 8.64. The Morgan fingerprint density at radius 3 is 3.00 bits per heavy atom. The number of rotatable bonds is 6. The number of benzene rings is 1. The molecule has 1 saturated heterocycles. The molecular weight excluding hydrogens is 358 g/mol. The zero-order valence-electron chi connectivity index (χ0n) is 14.8. The predicted molar refractivity (Wildman–Crippen MR) is 106 cm³/mol. The van der Waals surface area contributed by atoms with Gasteiger partial charge in [0.1, 0.15) is 0 Å². The lowest BCUT2D eigenvalue weighted by Gasteiger charge is -2.30. The Morgan fingerprint density at radius 2 is 2.28 bits per heavy atom. The summed E-state index contributed by atoms with van der Waals surface area (Å²) in [5, 5.41) is 7.16. The summed E-state index contributed by atoms with van der Waals surface area (Å²) in [6.45, 7) is 6.62. The van der Waals surface area contributed by atoms with E-state index in [1.807, 2.05) is 0 Å². The number of anilines is 1. The molecule has 0 spiro atoms. The number of ether oxygens (including phenoxy) is 1. The summed E-state index contributed by atoms with van der Waals surface area (Å²) < 4.78 is 4.72. The average Bonchev–Trinajstić information content (AvgIpc) is 2.60. The van der Waals surface area contributed by atoms with Crippen LogP contribution in [0, 0.1) is 5.92 Å². The minimum absolute atomic E-state index is 0.316. The van der Waals surface area contributed by atoms with Gasteiger partial charge in [0.2, 0.25) is 0 Å². The first-order chi connectivity index (χ1) is 12.0. The number of nitrogens with one attached hydrogen (secondary N) is 2. The molecule has 1 aromatic carbocycles. The standard InChI is InChI=1S/C18H26ClN3O2S/c1-13-5-3-9-22(12-13)10-4-8-20-18(25)21-14-6-7-16(19)15(11-14)17(23)24-2/h6-7,11,13H,3-5,8-10,12H2,1-2H3,(H2,20,21,25). The van der Waals surface area contributed by atoms with Crippen LogP contribution < -0.4 is 10.6 Å². The van der Waals surface area contributed by atoms with Crippen molar-refractivity contribution >= 4 is 40.6 Å². The van der Waals surface area contributed by atoms with Gasteiger partial charge in [-0.15, -0.1) is 0 Å². The van der Waals surface area contributed by atoms with Crippen LogP contribution in [0.2, 0.25) is 5.02 Å². The summed E-state index contributed by atoms with van der Waals surface area (Å²) in [6.07, 6.45) is 3.69. The van der Waals surface area contributed by atoms with Gasteiger partial charge >= 0.3 is 5.97 Å². The van der Waals surface area contributed by atoms with E-state index in [9.17, 15) is 4.79 Å². The van der Waals surface area contributed by atoms with Crippen LogP contribution in [0.5, 0.6) is 0 Å². The Morgan fingerprint density at radius 1 is 1.48 bits per heavy atom. The third kappa shape index (κ3) is 6.45. The molecule has 7 heteroatoms. The van der Waals surface area contributed by atoms with Gasteiger partial charge in [-0.25, -0.2) is 4.79 Å². The van der Waals surface area contributed by atoms with Crippen molar-refractivity contribution in [2.75, 3.05) is 38.6 Å². The molecular formula is C18H26ClN3O2S. The van der Waals surface area contributed by atoms with Crippen molar-refractivity contribution in [3.8, 4) is 0 Å². The molecule has 0 aliphatic carbocycles. The van der Waals surface area contributed by atoms with E-state index < -0.39 is 5.97 Å². The molecule has 25 heavy (non-hydrogen) atoms. The Bertz CT molecular complexity index is 612. The van der Waals surface area contributed by atoms with Gasteiger partial charge in [0, 0.05) is 18.8 Å². The molecule has 0 radical (unpaired) electrons. The molecule has 1 aromatic rings. The number of thiocarbonyl (C=S) groups is 1. The molecule has 2 N–H and O–H groups in total. The van der Waals surface area contributed by atoms with E-state index in [-0.39, 0.29) is 0 Å². The number of likely N-dealkylation sites (tertiary alicyclic amines) is 1. The van der Waals surface area contributed by atoms with Gasteiger partial charge in [-0.05, 0) is 68.7 Å². The normalized spacial score (nSPS) is 17.8. The van der Waals surface area contributed by atoms with Crippen molar-refractivity contribution in [2.24, 2.45) is 5.92 Å². The fourth-order valence-corrected chi connectivity index (χ4v) is 3.45. The van der Waals surface area contributed by atoms with Gasteiger partial charge in [0.05, 0.1) is 17.7 Å². The van der Waals surface area contributed by atoms with Gasteiger partial charge in [-0.2, -0.15) is 0 Å². The van der Waals surface area contributed by atoms with Crippen molar-refractivity contribution in [1.82, 2.24) is 10.2 Å². The van der Waals surface area contributed by atoms with E-state index in [0.29, 0.717) is 21.4 Å². The highest BCUT2D eigenvalue weighted by Gasteiger charge is 2.15. The van der Waals surface area contributed by atoms with Crippen molar-refractivity contribution in [1.29, 1.82) is 0 Å². The second-order valence-electron chi connectivity index (χ2n) is 6.47. The topological polar surface area (TPSA) is 53.6 Å². The van der Waals surface area contributed by atoms with Crippen LogP contribution >= 0.6 is 23.8 Å². The SMILES string of the molecule is COC(=O)c1cc(NC(=S)NCCCN2CCCC(C)C2)ccc1Cl. The zero-order valence-corrected chi connectivity index (χ0v) is 16.4. The van der Waals surface area contributed by atoms with Gasteiger partial charge in [-0.1, -0.05) is 18.5 Å². The summed E-state index contributed by atoms with van der Waals surface area (Å²) in [4.78, 5) is 14.2. The molecule has 1 heterocycles. The van der Waals surface area contributed by atoms with E-state index in [1.54, 1.807) is 18.2 Å². The molecule has 1 unspecified atom stereocenters. The molecule has 1 aliphatic rings. The van der Waals surface area contributed by atoms with Crippen molar-refractivity contribution in [2.45, 2.75) is 26.2 Å². The highest BCUT2D eigenvalue weighted by atomic mass is 35.5. The second-order valence-corrected chi connectivity index (χ2v) is 7.28. The van der Waals surface area contributed by atoms with E-state index in [1.165, 1.54) is 33.0 Å². The van der Waals surface area contributed by atoms with Crippen molar-refractivity contribution in [3.63, 3.8) is 0 Å². The number of nitrogens with zero attached hydrogens (tertiary/aromatic N) is 1. The lowest BCUT2D eigenvalue weighted by molar-refractivity contribution is 0.0601. The van der Waals surface area contributed by atoms with Crippen molar-refractivity contribution < 1.29 is 9.53 Å². The Hall–Kier alpha value is -1.37. The summed E-state index contributed by atoms with van der Waals surface area (Å²) in [7, 11) is 1.33. The Kier molecular flexibility index (Phi) is 7.93. The predicted octanol–water partition coefficient (Wildman–Crippen LogP) is 3.54. The van der Waals surface area contributed by atoms with E-state index in [0.717, 1.165) is 25.4 Å². The fraction of sp³-hybridized carbons (Fsp3) is 0.556. The zero-order chi connectivity index (χ0) is 18.2. The molecule has 0 bridgehead atoms. The fourth-order valence-electron chi connectivity index (χ4n) is 3.04. The van der Waals surface area contributed by atoms with Gasteiger partial charge in [-0.3, -0.25) is 0 Å². The molecule has 0 amide bonds. The quantitative estimate of drug-likeness (QED) is 0.445. The van der Waals surface area contributed by atoms with Crippen LogP contribution in [0.25, 0.3) is 0 Å². The highest BCUT2D eigenvalue weighted by Crippen LogP contribution is 2.21. The third-order valence-electron chi connectivity index (χ3n) is 4.31. The monoisotopic (exact) mass is 383 g/mol. The number of piperidine rings is 1. The maximum Gasteiger partial charge on any atom is 0.339 e. The maximum absolute atomic E-state index is 11.7. The number of methoxy groups -OCH3 is 1. The van der Waals surface area contributed by atoms with Crippen molar-refractivity contribution in [3.05, 3.63) is 28.8 Å². The maximum atomic E-state index is 11.7. The number of halogens is 1. The van der Waals surface area contributed by atoms with Crippen LogP contribution in [-0.2, 0) is 4.74 Å². The van der Waals surface area contributed by atoms with Crippen LogP contribution in [-0.4, -0.2) is 49.3 Å². The number of hydrogen-bond donors (Lipinski definition) is 2. The highest BCUT2D eigenvalue weighted by molar-refractivity contribution is 7.80. The average molecular weight is 384 g/mol. The number of hydrogen-bond acceptors (Lipinski definition) is 4. The van der Waals surface area contributed by atoms with Crippen LogP contribution in [0.3, 0.4) is 0 Å². The second kappa shape index (κ2) is 9.94. The first kappa shape index (κ1) is 19.9. The number of carbonyl (C=O) groups is 1. The summed E-state index contributed by atoms with van der Waals surface area (Å²) in [5.41, 5.74) is 1.02. The van der Waals surface area contributed by atoms with Gasteiger partial charge in [0.15, 0.2) is 5.11 Å². The van der Waals surface area contributed by atoms with Crippen LogP contribution in [0.4, 0.5) is 5.69 Å². The minimum atomic E-state index is -0.469. The molecule has 0 aromatic heterocycles. The first-order valence-corrected chi connectivity index (χ1v) is 9.43. The molecule has 1 atom stereocenters. The largest absolute Gasteiger partial charge is 0.465 e. The Labute approximate surface area is 160 Å². The van der Waals surface area contributed by atoms with Gasteiger partial charge in [0.25, 0.3) is 0 Å². The van der Waals surface area contributed by atoms with E-state index >= 15 is 0 Å². The number of carbonyl (C=O) groups excluding carboxylic acids is 1. The van der Waals surface area contributed by atoms with Gasteiger partial charge < -0.3 is 20.3 Å². The van der Waals surface area contributed by atoms with E-state index in [4.69, 9.17) is 28.6 Å². The van der Waals surface area contributed by atoms with Crippen LogP contribution in [0.15, 0.2) is 18.2 Å². The summed E-state index contributed by atoms with van der Waals surface area (Å²) in [6, 6.07) is 5.06. The third-order valence-corrected chi connectivity index (χ3v) is 4.88. The smallest absolute Gasteiger partial charge is 0.339 e. The number of esters is 1. The molecule has 2 rings (SSSR count). The van der Waals surface area contributed by atoms with E-state index in [2.05, 4.69) is 22.5 Å².